The zero-order valence-corrected chi connectivity index (χ0v) is 21.9. The van der Waals surface area contributed by atoms with Crippen LogP contribution in [-0.2, 0) is 23.4 Å². The number of phenols is 1. The van der Waals surface area contributed by atoms with E-state index in [4.69, 9.17) is 11.6 Å². The van der Waals surface area contributed by atoms with Crippen molar-refractivity contribution in [1.29, 1.82) is 0 Å². The van der Waals surface area contributed by atoms with Crippen molar-refractivity contribution in [1.82, 2.24) is 9.55 Å². The summed E-state index contributed by atoms with van der Waals surface area (Å²) in [5, 5.41) is 32.3. The molecule has 4 aromatic rings. The van der Waals surface area contributed by atoms with Crippen molar-refractivity contribution in [3.8, 4) is 11.4 Å². The molecule has 0 aliphatic heterocycles. The normalized spacial score (nSPS) is 12.1. The Morgan fingerprint density at radius 3 is 2.50 bits per heavy atom. The smallest absolute Gasteiger partial charge is 0.173 e. The number of imidazole rings is 1. The third kappa shape index (κ3) is 6.07. The number of carbonyl (C=O) groups excluding carboxylic acids is 1. The summed E-state index contributed by atoms with van der Waals surface area (Å²) in [5.74, 6) is -1.06. The van der Waals surface area contributed by atoms with Crippen molar-refractivity contribution >= 4 is 29.1 Å². The second kappa shape index (κ2) is 12.1. The van der Waals surface area contributed by atoms with Gasteiger partial charge >= 0.3 is 0 Å². The Hall–Kier alpha value is -3.24. The van der Waals surface area contributed by atoms with E-state index in [1.165, 1.54) is 61.2 Å². The lowest BCUT2D eigenvalue weighted by molar-refractivity contribution is -0.116. The molecule has 0 fully saturated rings. The van der Waals surface area contributed by atoms with Gasteiger partial charge in [0, 0.05) is 47.0 Å². The molecule has 38 heavy (non-hydrogen) atoms. The largest absolute Gasteiger partial charge is 0.508 e. The van der Waals surface area contributed by atoms with E-state index < -0.39 is 17.7 Å². The summed E-state index contributed by atoms with van der Waals surface area (Å²) >= 11 is 7.37. The summed E-state index contributed by atoms with van der Waals surface area (Å²) in [6.07, 6.45) is -1.16. The number of rotatable bonds is 10. The van der Waals surface area contributed by atoms with E-state index in [0.29, 0.717) is 33.4 Å². The average molecular weight is 559 g/mol. The van der Waals surface area contributed by atoms with E-state index in [2.05, 4.69) is 4.98 Å². The maximum absolute atomic E-state index is 14.4. The molecule has 0 aliphatic rings. The fraction of sp³-hybridized carbons (Fsp3) is 0.214. The number of aromatic hydroxyl groups is 1. The van der Waals surface area contributed by atoms with E-state index in [-0.39, 0.29) is 47.3 Å². The molecular formula is C28H25ClF2N2O4S. The van der Waals surface area contributed by atoms with Gasteiger partial charge in [-0.3, -0.25) is 9.36 Å². The summed E-state index contributed by atoms with van der Waals surface area (Å²) in [6, 6.07) is 14.5. The first-order valence-corrected chi connectivity index (χ1v) is 13.1. The van der Waals surface area contributed by atoms with Gasteiger partial charge in [-0.15, -0.1) is 0 Å². The lowest BCUT2D eigenvalue weighted by Gasteiger charge is -2.18. The number of Topliss-reactive ketones (excluding diaryl/α,β-unsaturated/α-hetero) is 1. The molecule has 198 valence electrons. The highest BCUT2D eigenvalue weighted by Gasteiger charge is 2.26. The van der Waals surface area contributed by atoms with Crippen molar-refractivity contribution in [2.75, 3.05) is 6.61 Å². The lowest BCUT2D eigenvalue weighted by atomic mass is 9.99. The minimum atomic E-state index is -1.31. The van der Waals surface area contributed by atoms with Crippen LogP contribution in [0.2, 0.25) is 5.02 Å². The van der Waals surface area contributed by atoms with Crippen molar-refractivity contribution in [2.45, 2.75) is 36.8 Å². The van der Waals surface area contributed by atoms with Crippen LogP contribution < -0.4 is 0 Å². The van der Waals surface area contributed by atoms with E-state index in [1.807, 2.05) is 0 Å². The van der Waals surface area contributed by atoms with Gasteiger partial charge in [-0.1, -0.05) is 41.6 Å². The van der Waals surface area contributed by atoms with E-state index in [9.17, 15) is 28.9 Å². The van der Waals surface area contributed by atoms with E-state index >= 15 is 0 Å². The molecular weight excluding hydrogens is 534 g/mol. The molecule has 0 spiro atoms. The zero-order valence-electron chi connectivity index (χ0n) is 20.4. The number of carbonyl (C=O) groups is 1. The topological polar surface area (TPSA) is 95.6 Å². The van der Waals surface area contributed by atoms with Crippen molar-refractivity contribution < 1.29 is 28.9 Å². The molecule has 1 atom stereocenters. The second-order valence-corrected chi connectivity index (χ2v) is 10.0. The molecule has 0 saturated heterocycles. The molecule has 3 N–H and O–H groups in total. The fourth-order valence-electron chi connectivity index (χ4n) is 4.09. The number of aliphatic hydroxyl groups excluding tert-OH is 2. The maximum atomic E-state index is 14.4. The Morgan fingerprint density at radius 2 is 1.87 bits per heavy atom. The molecule has 0 aliphatic carbocycles. The monoisotopic (exact) mass is 558 g/mol. The van der Waals surface area contributed by atoms with Crippen LogP contribution in [0.3, 0.4) is 0 Å². The van der Waals surface area contributed by atoms with Crippen molar-refractivity contribution in [3.05, 3.63) is 105 Å². The molecule has 1 aromatic heterocycles. The molecule has 1 unspecified atom stereocenters. The molecule has 0 amide bonds. The predicted octanol–water partition coefficient (Wildman–Crippen LogP) is 5.55. The Labute approximate surface area is 227 Å². The average Bonchev–Trinajstić information content (AvgIpc) is 3.23. The number of hydrogen-bond acceptors (Lipinski definition) is 6. The van der Waals surface area contributed by atoms with Crippen LogP contribution in [0.5, 0.6) is 5.75 Å². The first kappa shape index (κ1) is 27.8. The molecule has 10 heteroatoms. The molecule has 1 heterocycles. The highest BCUT2D eigenvalue weighted by Crippen LogP contribution is 2.37. The first-order chi connectivity index (χ1) is 18.2. The van der Waals surface area contributed by atoms with Gasteiger partial charge in [0.05, 0.1) is 11.4 Å². The number of thioether (sulfide) groups is 1. The Balaban J connectivity index is 1.83. The minimum absolute atomic E-state index is 0.0465. The van der Waals surface area contributed by atoms with Gasteiger partial charge in [-0.25, -0.2) is 13.8 Å². The third-order valence-corrected chi connectivity index (χ3v) is 7.24. The van der Waals surface area contributed by atoms with Crippen LogP contribution in [0.15, 0.2) is 65.8 Å². The number of nitrogens with zero attached hydrogens (tertiary/aromatic N) is 2. The number of hydrogen-bond donors (Lipinski definition) is 3. The summed E-state index contributed by atoms with van der Waals surface area (Å²) in [5.41, 5.74) is 2.19. The summed E-state index contributed by atoms with van der Waals surface area (Å²) < 4.78 is 29.8. The number of aliphatic hydroxyl groups is 2. The highest BCUT2D eigenvalue weighted by molar-refractivity contribution is 7.98. The summed E-state index contributed by atoms with van der Waals surface area (Å²) in [6.45, 7) is 1.16. The van der Waals surface area contributed by atoms with Crippen LogP contribution in [-0.4, -0.2) is 37.3 Å². The molecule has 4 rings (SSSR count). The van der Waals surface area contributed by atoms with Gasteiger partial charge < -0.3 is 15.3 Å². The lowest BCUT2D eigenvalue weighted by Crippen LogP contribution is -2.11. The minimum Gasteiger partial charge on any atom is -0.508 e. The quantitative estimate of drug-likeness (QED) is 0.221. The van der Waals surface area contributed by atoms with Gasteiger partial charge in [-0.2, -0.15) is 0 Å². The van der Waals surface area contributed by atoms with Gasteiger partial charge in [0.25, 0.3) is 0 Å². The van der Waals surface area contributed by atoms with Crippen LogP contribution in [0.4, 0.5) is 8.78 Å². The van der Waals surface area contributed by atoms with Gasteiger partial charge in [0.15, 0.2) is 5.16 Å². The zero-order chi connectivity index (χ0) is 27.4. The van der Waals surface area contributed by atoms with Gasteiger partial charge in [0.1, 0.15) is 29.3 Å². The Kier molecular flexibility index (Phi) is 8.83. The summed E-state index contributed by atoms with van der Waals surface area (Å²) in [4.78, 5) is 16.1. The van der Waals surface area contributed by atoms with Crippen LogP contribution in [0.1, 0.15) is 41.1 Å². The predicted molar refractivity (Wildman–Crippen MR) is 142 cm³/mol. The highest BCUT2D eigenvalue weighted by atomic mass is 35.5. The SMILES string of the molecule is CC(=O)Cc1ccc(C(O)c2c(CCO)nc(SCc3c(F)cccc3Cl)n2-c2ccc(F)cc2)cc1O. The molecule has 0 saturated carbocycles. The number of benzene rings is 3. The van der Waals surface area contributed by atoms with Crippen LogP contribution in [0, 0.1) is 11.6 Å². The standard InChI is InChI=1S/C28H25ClF2N2O4S/c1-16(35)13-17-5-6-18(14-25(17)36)27(37)26-24(11-12-34)32-28(33(26)20-9-7-19(30)8-10-20)38-15-21-22(29)3-2-4-23(21)31/h2-10,14,27,34,36-37H,11-13,15H2,1H3. The van der Waals surface area contributed by atoms with Crippen LogP contribution >= 0.6 is 23.4 Å². The molecule has 6 nitrogen and oxygen atoms in total. The van der Waals surface area contributed by atoms with Crippen molar-refractivity contribution in [2.24, 2.45) is 0 Å². The fourth-order valence-corrected chi connectivity index (χ4v) is 5.48. The van der Waals surface area contributed by atoms with Crippen molar-refractivity contribution in [3.63, 3.8) is 0 Å². The van der Waals surface area contributed by atoms with Crippen LogP contribution in [0.25, 0.3) is 5.69 Å². The molecule has 0 bridgehead atoms. The first-order valence-electron chi connectivity index (χ1n) is 11.7. The second-order valence-electron chi connectivity index (χ2n) is 8.67. The Bertz CT molecular complexity index is 1440. The molecule has 3 aromatic carbocycles. The third-order valence-electron chi connectivity index (χ3n) is 5.92. The maximum Gasteiger partial charge on any atom is 0.173 e. The van der Waals surface area contributed by atoms with E-state index in [0.717, 1.165) is 0 Å². The summed E-state index contributed by atoms with van der Waals surface area (Å²) in [7, 11) is 0. The number of aromatic nitrogens is 2. The number of phenolic OH excluding ortho intramolecular Hbond substituents is 1. The Morgan fingerprint density at radius 1 is 1.13 bits per heavy atom. The number of halogens is 3. The number of ketones is 1. The molecule has 0 radical (unpaired) electrons. The van der Waals surface area contributed by atoms with Gasteiger partial charge in [0.2, 0.25) is 0 Å². The van der Waals surface area contributed by atoms with E-state index in [1.54, 1.807) is 22.8 Å². The van der Waals surface area contributed by atoms with Gasteiger partial charge in [-0.05, 0) is 55.0 Å².